The van der Waals surface area contributed by atoms with E-state index < -0.39 is 9.84 Å². The molecule has 0 aliphatic heterocycles. The van der Waals surface area contributed by atoms with Gasteiger partial charge in [-0.1, -0.05) is 28.1 Å². The second-order valence-electron chi connectivity index (χ2n) is 4.50. The smallest absolute Gasteiger partial charge is 0.147 e. The summed E-state index contributed by atoms with van der Waals surface area (Å²) >= 11 is 3.48. The number of nitrogens with one attached hydrogen (secondary N) is 1. The molecule has 0 radical (unpaired) electrons. The van der Waals surface area contributed by atoms with Crippen LogP contribution in [0.1, 0.15) is 30.0 Å². The van der Waals surface area contributed by atoms with Crippen molar-refractivity contribution < 1.29 is 8.42 Å². The van der Waals surface area contributed by atoms with Gasteiger partial charge in [0, 0.05) is 22.5 Å². The Morgan fingerprint density at radius 3 is 2.61 bits per heavy atom. The van der Waals surface area contributed by atoms with E-state index in [4.69, 9.17) is 5.84 Å². The minimum atomic E-state index is -2.90. The molecule has 3 N–H and O–H groups in total. The number of nitrogens with two attached hydrogens (primary N) is 1. The summed E-state index contributed by atoms with van der Waals surface area (Å²) in [6, 6.07) is 6.01. The van der Waals surface area contributed by atoms with Crippen LogP contribution in [0.2, 0.25) is 0 Å². The molecular formula is C12H19BrN2O2S. The van der Waals surface area contributed by atoms with E-state index in [9.17, 15) is 8.42 Å². The van der Waals surface area contributed by atoms with Crippen molar-refractivity contribution in [1.29, 1.82) is 0 Å². The molecule has 6 heteroatoms. The molecule has 0 saturated carbocycles. The van der Waals surface area contributed by atoms with Gasteiger partial charge >= 0.3 is 0 Å². The van der Waals surface area contributed by atoms with E-state index in [0.717, 1.165) is 15.6 Å². The van der Waals surface area contributed by atoms with Crippen LogP contribution in [-0.4, -0.2) is 20.4 Å². The van der Waals surface area contributed by atoms with Crippen molar-refractivity contribution in [2.75, 3.05) is 12.0 Å². The molecule has 1 aromatic carbocycles. The Hall–Kier alpha value is -0.430. The molecule has 0 aromatic heterocycles. The van der Waals surface area contributed by atoms with Gasteiger partial charge in [-0.3, -0.25) is 11.3 Å². The average molecular weight is 335 g/mol. The molecule has 1 rings (SSSR count). The molecule has 0 fully saturated rings. The zero-order valence-electron chi connectivity index (χ0n) is 10.6. The second-order valence-corrected chi connectivity index (χ2v) is 7.61. The normalized spacial score (nSPS) is 13.6. The van der Waals surface area contributed by atoms with Gasteiger partial charge in [0.05, 0.1) is 0 Å². The molecule has 1 aromatic rings. The maximum atomic E-state index is 11.1. The molecule has 18 heavy (non-hydrogen) atoms. The zero-order valence-corrected chi connectivity index (χ0v) is 13.0. The van der Waals surface area contributed by atoms with Crippen molar-refractivity contribution in [3.8, 4) is 0 Å². The summed E-state index contributed by atoms with van der Waals surface area (Å²) < 4.78 is 23.2. The van der Waals surface area contributed by atoms with Gasteiger partial charge in [-0.05, 0) is 37.0 Å². The number of aryl methyl sites for hydroxylation is 1. The highest BCUT2D eigenvalue weighted by molar-refractivity contribution is 9.10. The second kappa shape index (κ2) is 6.65. The predicted molar refractivity (Wildman–Crippen MR) is 77.9 cm³/mol. The van der Waals surface area contributed by atoms with Crippen molar-refractivity contribution in [3.05, 3.63) is 33.8 Å². The monoisotopic (exact) mass is 334 g/mol. The molecule has 0 amide bonds. The molecule has 0 aliphatic carbocycles. The highest BCUT2D eigenvalue weighted by Crippen LogP contribution is 2.24. The summed E-state index contributed by atoms with van der Waals surface area (Å²) in [5.41, 5.74) is 4.95. The van der Waals surface area contributed by atoms with Gasteiger partial charge in [0.2, 0.25) is 0 Å². The highest BCUT2D eigenvalue weighted by atomic mass is 79.9. The standard InChI is InChI=1S/C12H19BrN2O2S/c1-9-5-6-10(8-11(9)13)12(15-14)4-3-7-18(2,16)17/h5-6,8,12,15H,3-4,7,14H2,1-2H3. The van der Waals surface area contributed by atoms with Crippen LogP contribution in [0.5, 0.6) is 0 Å². The molecule has 0 spiro atoms. The lowest BCUT2D eigenvalue weighted by Gasteiger charge is -2.17. The molecule has 0 heterocycles. The highest BCUT2D eigenvalue weighted by Gasteiger charge is 2.12. The van der Waals surface area contributed by atoms with Crippen LogP contribution in [-0.2, 0) is 9.84 Å². The minimum absolute atomic E-state index is 0.0244. The fourth-order valence-electron chi connectivity index (χ4n) is 1.72. The van der Waals surface area contributed by atoms with Gasteiger partial charge in [-0.2, -0.15) is 0 Å². The minimum Gasteiger partial charge on any atom is -0.271 e. The van der Waals surface area contributed by atoms with E-state index in [2.05, 4.69) is 21.4 Å². The summed E-state index contributed by atoms with van der Waals surface area (Å²) in [6.07, 6.45) is 2.54. The molecule has 102 valence electrons. The number of halogens is 1. The van der Waals surface area contributed by atoms with Crippen molar-refractivity contribution in [2.45, 2.75) is 25.8 Å². The Kier molecular flexibility index (Phi) is 5.78. The largest absolute Gasteiger partial charge is 0.271 e. The Labute approximate surface area is 117 Å². The third kappa shape index (κ3) is 5.06. The maximum absolute atomic E-state index is 11.1. The van der Waals surface area contributed by atoms with Crippen LogP contribution in [0.3, 0.4) is 0 Å². The van der Waals surface area contributed by atoms with E-state index >= 15 is 0 Å². The summed E-state index contributed by atoms with van der Waals surface area (Å²) in [4.78, 5) is 0. The first-order valence-electron chi connectivity index (χ1n) is 5.73. The van der Waals surface area contributed by atoms with Crippen molar-refractivity contribution in [1.82, 2.24) is 5.43 Å². The molecule has 1 atom stereocenters. The molecular weight excluding hydrogens is 316 g/mol. The number of rotatable bonds is 6. The Morgan fingerprint density at radius 2 is 2.11 bits per heavy atom. The van der Waals surface area contributed by atoms with Gasteiger partial charge in [-0.15, -0.1) is 0 Å². The van der Waals surface area contributed by atoms with Crippen LogP contribution in [0.25, 0.3) is 0 Å². The lowest BCUT2D eigenvalue weighted by molar-refractivity contribution is 0.507. The first-order valence-corrected chi connectivity index (χ1v) is 8.59. The molecule has 0 aliphatic rings. The van der Waals surface area contributed by atoms with E-state index in [-0.39, 0.29) is 11.8 Å². The van der Waals surface area contributed by atoms with Crippen LogP contribution in [0.4, 0.5) is 0 Å². The van der Waals surface area contributed by atoms with E-state index in [1.807, 2.05) is 25.1 Å². The summed E-state index contributed by atoms with van der Waals surface area (Å²) in [6.45, 7) is 2.02. The zero-order chi connectivity index (χ0) is 13.8. The lowest BCUT2D eigenvalue weighted by atomic mass is 10.0. The van der Waals surface area contributed by atoms with Crippen LogP contribution in [0.15, 0.2) is 22.7 Å². The summed E-state index contributed by atoms with van der Waals surface area (Å²) in [5.74, 6) is 5.72. The fraction of sp³-hybridized carbons (Fsp3) is 0.500. The third-order valence-electron chi connectivity index (χ3n) is 2.81. The summed E-state index contributed by atoms with van der Waals surface area (Å²) in [7, 11) is -2.90. The van der Waals surface area contributed by atoms with E-state index in [0.29, 0.717) is 12.8 Å². The third-order valence-corrected chi connectivity index (χ3v) is 4.69. The maximum Gasteiger partial charge on any atom is 0.147 e. The van der Waals surface area contributed by atoms with Gasteiger partial charge in [0.1, 0.15) is 9.84 Å². The average Bonchev–Trinajstić information content (AvgIpc) is 2.27. The fourth-order valence-corrected chi connectivity index (χ4v) is 2.81. The van der Waals surface area contributed by atoms with Gasteiger partial charge < -0.3 is 0 Å². The molecule has 0 saturated heterocycles. The quantitative estimate of drug-likeness (QED) is 0.617. The first kappa shape index (κ1) is 15.6. The molecule has 1 unspecified atom stereocenters. The SMILES string of the molecule is Cc1ccc(C(CCCS(C)(=O)=O)NN)cc1Br. The summed E-state index contributed by atoms with van der Waals surface area (Å²) in [5, 5.41) is 0. The Bertz CT molecular complexity index is 503. The van der Waals surface area contributed by atoms with Crippen molar-refractivity contribution >= 4 is 25.8 Å². The van der Waals surface area contributed by atoms with Gasteiger partial charge in [0.25, 0.3) is 0 Å². The number of hydrazine groups is 1. The molecule has 4 nitrogen and oxygen atoms in total. The lowest BCUT2D eigenvalue weighted by Crippen LogP contribution is -2.28. The van der Waals surface area contributed by atoms with Crippen molar-refractivity contribution in [3.63, 3.8) is 0 Å². The Balaban J connectivity index is 2.68. The first-order chi connectivity index (χ1) is 8.33. The van der Waals surface area contributed by atoms with Crippen LogP contribution >= 0.6 is 15.9 Å². The van der Waals surface area contributed by atoms with Gasteiger partial charge in [0.15, 0.2) is 0 Å². The Morgan fingerprint density at radius 1 is 1.44 bits per heavy atom. The van der Waals surface area contributed by atoms with Crippen LogP contribution in [0, 0.1) is 6.92 Å². The predicted octanol–water partition coefficient (Wildman–Crippen LogP) is 2.09. The topological polar surface area (TPSA) is 72.2 Å². The van der Waals surface area contributed by atoms with Crippen molar-refractivity contribution in [2.24, 2.45) is 5.84 Å². The molecule has 0 bridgehead atoms. The van der Waals surface area contributed by atoms with Crippen LogP contribution < -0.4 is 11.3 Å². The van der Waals surface area contributed by atoms with E-state index in [1.54, 1.807) is 0 Å². The number of hydrogen-bond donors (Lipinski definition) is 2. The number of benzene rings is 1. The number of hydrogen-bond acceptors (Lipinski definition) is 4. The van der Waals surface area contributed by atoms with E-state index in [1.165, 1.54) is 6.26 Å². The number of sulfone groups is 1. The van der Waals surface area contributed by atoms with Gasteiger partial charge in [-0.25, -0.2) is 8.42 Å².